The van der Waals surface area contributed by atoms with Crippen LogP contribution in [0.25, 0.3) is 11.0 Å². The highest BCUT2D eigenvalue weighted by Crippen LogP contribution is 2.27. The summed E-state index contributed by atoms with van der Waals surface area (Å²) in [6, 6.07) is 3.14. The maximum absolute atomic E-state index is 13.8. The van der Waals surface area contributed by atoms with E-state index in [9.17, 15) is 4.39 Å². The molecule has 1 aliphatic heterocycles. The summed E-state index contributed by atoms with van der Waals surface area (Å²) in [7, 11) is 1.47. The summed E-state index contributed by atoms with van der Waals surface area (Å²) < 4.78 is 26.5. The summed E-state index contributed by atoms with van der Waals surface area (Å²) in [4.78, 5) is 4.52. The number of alkyl halides is 1. The Bertz CT molecular complexity index is 638. The number of aryl methyl sites for hydroxylation is 1. The molecule has 0 aliphatic carbocycles. The maximum atomic E-state index is 13.8. The van der Waals surface area contributed by atoms with Crippen LogP contribution in [-0.2, 0) is 17.7 Å². The third kappa shape index (κ3) is 2.85. The van der Waals surface area contributed by atoms with Gasteiger partial charge in [-0.25, -0.2) is 9.37 Å². The van der Waals surface area contributed by atoms with Gasteiger partial charge in [-0.3, -0.25) is 0 Å². The van der Waals surface area contributed by atoms with E-state index in [4.69, 9.17) is 21.1 Å². The zero-order valence-electron chi connectivity index (χ0n) is 11.9. The Morgan fingerprint density at radius 1 is 1.52 bits per heavy atom. The van der Waals surface area contributed by atoms with Crippen LogP contribution in [0.4, 0.5) is 4.39 Å². The molecule has 1 atom stereocenters. The number of halogens is 2. The lowest BCUT2D eigenvalue weighted by Gasteiger charge is -2.13. The molecule has 1 saturated heterocycles. The largest absolute Gasteiger partial charge is 0.494 e. The monoisotopic (exact) mass is 312 g/mol. The minimum absolute atomic E-state index is 0.240. The number of methoxy groups -OCH3 is 1. The first-order valence-corrected chi connectivity index (χ1v) is 7.62. The lowest BCUT2D eigenvalue weighted by molar-refractivity contribution is 0.182. The highest BCUT2D eigenvalue weighted by atomic mass is 35.5. The van der Waals surface area contributed by atoms with Gasteiger partial charge in [0, 0.05) is 43.5 Å². The summed E-state index contributed by atoms with van der Waals surface area (Å²) >= 11 is 5.87. The third-order valence-corrected chi connectivity index (χ3v) is 4.07. The van der Waals surface area contributed by atoms with Gasteiger partial charge in [-0.15, -0.1) is 11.6 Å². The molecular formula is C15H18ClFN2O2. The van der Waals surface area contributed by atoms with Crippen LogP contribution in [0.15, 0.2) is 12.1 Å². The predicted molar refractivity (Wildman–Crippen MR) is 79.6 cm³/mol. The summed E-state index contributed by atoms with van der Waals surface area (Å²) in [6.07, 6.45) is 1.70. The second-order valence-corrected chi connectivity index (χ2v) is 5.66. The summed E-state index contributed by atoms with van der Waals surface area (Å²) in [5, 5.41) is 0. The van der Waals surface area contributed by atoms with Gasteiger partial charge in [0.2, 0.25) is 0 Å². The molecule has 1 aromatic carbocycles. The number of hydrogen-bond acceptors (Lipinski definition) is 3. The number of rotatable bonds is 5. The van der Waals surface area contributed by atoms with Gasteiger partial charge in [0.25, 0.3) is 0 Å². The van der Waals surface area contributed by atoms with Crippen LogP contribution in [0.2, 0.25) is 0 Å². The average Bonchev–Trinajstić information content (AvgIpc) is 3.08. The highest BCUT2D eigenvalue weighted by Gasteiger charge is 2.20. The molecule has 6 heteroatoms. The Balaban J connectivity index is 2.05. The Morgan fingerprint density at radius 2 is 2.38 bits per heavy atom. The zero-order chi connectivity index (χ0) is 14.8. The van der Waals surface area contributed by atoms with Crippen molar-refractivity contribution < 1.29 is 13.9 Å². The smallest absolute Gasteiger partial charge is 0.167 e. The van der Waals surface area contributed by atoms with Crippen LogP contribution >= 0.6 is 11.6 Å². The third-order valence-electron chi connectivity index (χ3n) is 3.88. The van der Waals surface area contributed by atoms with Crippen LogP contribution in [-0.4, -0.2) is 35.8 Å². The Kier molecular flexibility index (Phi) is 4.31. The minimum Gasteiger partial charge on any atom is -0.494 e. The Morgan fingerprint density at radius 3 is 3.05 bits per heavy atom. The van der Waals surface area contributed by atoms with Crippen molar-refractivity contribution in [1.29, 1.82) is 0 Å². The fraction of sp³-hybridized carbons (Fsp3) is 0.533. The van der Waals surface area contributed by atoms with Crippen molar-refractivity contribution in [3.63, 3.8) is 0 Å². The van der Waals surface area contributed by atoms with Crippen molar-refractivity contribution in [2.45, 2.75) is 19.4 Å². The molecule has 0 saturated carbocycles. The minimum atomic E-state index is -0.392. The topological polar surface area (TPSA) is 36.3 Å². The number of imidazole rings is 1. The molecule has 4 nitrogen and oxygen atoms in total. The van der Waals surface area contributed by atoms with Crippen LogP contribution < -0.4 is 4.74 Å². The van der Waals surface area contributed by atoms with Crippen LogP contribution in [0.3, 0.4) is 0 Å². The molecule has 0 N–H and O–H groups in total. The predicted octanol–water partition coefficient (Wildman–Crippen LogP) is 3.00. The molecule has 0 bridgehead atoms. The van der Waals surface area contributed by atoms with Gasteiger partial charge < -0.3 is 14.0 Å². The van der Waals surface area contributed by atoms with Gasteiger partial charge in [0.1, 0.15) is 5.82 Å². The molecule has 3 rings (SSSR count). The molecule has 21 heavy (non-hydrogen) atoms. The summed E-state index contributed by atoms with van der Waals surface area (Å²) in [6.45, 7) is 2.38. The van der Waals surface area contributed by atoms with E-state index in [1.807, 2.05) is 0 Å². The van der Waals surface area contributed by atoms with E-state index in [1.165, 1.54) is 13.2 Å². The number of nitrogens with zero attached hydrogens (tertiary/aromatic N) is 2. The first kappa shape index (κ1) is 14.6. The van der Waals surface area contributed by atoms with E-state index >= 15 is 0 Å². The molecule has 2 aromatic rings. The van der Waals surface area contributed by atoms with Crippen molar-refractivity contribution >= 4 is 22.6 Å². The van der Waals surface area contributed by atoms with E-state index in [2.05, 4.69) is 9.55 Å². The number of fused-ring (bicyclic) bond motifs is 1. The van der Waals surface area contributed by atoms with Crippen molar-refractivity contribution in [3.05, 3.63) is 23.8 Å². The molecule has 114 valence electrons. The van der Waals surface area contributed by atoms with Crippen molar-refractivity contribution in [3.8, 4) is 5.75 Å². The second kappa shape index (κ2) is 6.20. The van der Waals surface area contributed by atoms with Crippen molar-refractivity contribution in [2.24, 2.45) is 5.92 Å². The maximum Gasteiger partial charge on any atom is 0.167 e. The zero-order valence-corrected chi connectivity index (χ0v) is 12.7. The highest BCUT2D eigenvalue weighted by molar-refractivity contribution is 6.17. The summed E-state index contributed by atoms with van der Waals surface area (Å²) in [5.74, 6) is 1.69. The standard InChI is InChI=1S/C15H18ClFN2O2/c1-20-14-7-13-12(6-11(14)17)18-15(2-4-16)19(13)8-10-3-5-21-9-10/h6-7,10H,2-5,8-9H2,1H3. The lowest BCUT2D eigenvalue weighted by atomic mass is 10.1. The van der Waals surface area contributed by atoms with Gasteiger partial charge in [0.15, 0.2) is 11.6 Å². The first-order valence-electron chi connectivity index (χ1n) is 7.09. The first-order chi connectivity index (χ1) is 10.2. The van der Waals surface area contributed by atoms with Crippen LogP contribution in [0, 0.1) is 11.7 Å². The van der Waals surface area contributed by atoms with Crippen LogP contribution in [0.5, 0.6) is 5.75 Å². The van der Waals surface area contributed by atoms with Gasteiger partial charge in [-0.2, -0.15) is 0 Å². The molecule has 0 radical (unpaired) electrons. The molecule has 2 heterocycles. The van der Waals surface area contributed by atoms with E-state index in [0.717, 1.165) is 37.5 Å². The number of aromatic nitrogens is 2. The average molecular weight is 313 g/mol. The SMILES string of the molecule is COc1cc2c(cc1F)nc(CCCl)n2CC1CCOC1. The molecular weight excluding hydrogens is 295 g/mol. The molecule has 1 fully saturated rings. The van der Waals surface area contributed by atoms with Gasteiger partial charge in [0.05, 0.1) is 24.8 Å². The van der Waals surface area contributed by atoms with Crippen molar-refractivity contribution in [1.82, 2.24) is 9.55 Å². The fourth-order valence-corrected chi connectivity index (χ4v) is 2.97. The Hall–Kier alpha value is -1.33. The molecule has 1 unspecified atom stereocenters. The lowest BCUT2D eigenvalue weighted by Crippen LogP contribution is -2.13. The van der Waals surface area contributed by atoms with E-state index < -0.39 is 5.82 Å². The quantitative estimate of drug-likeness (QED) is 0.796. The number of hydrogen-bond donors (Lipinski definition) is 0. The van der Waals surface area contributed by atoms with E-state index in [0.29, 0.717) is 23.7 Å². The van der Waals surface area contributed by atoms with Gasteiger partial charge in [-0.1, -0.05) is 0 Å². The fourth-order valence-electron chi connectivity index (χ4n) is 2.80. The summed E-state index contributed by atoms with van der Waals surface area (Å²) in [5.41, 5.74) is 1.53. The molecule has 1 aliphatic rings. The van der Waals surface area contributed by atoms with Crippen molar-refractivity contribution in [2.75, 3.05) is 26.2 Å². The normalized spacial score (nSPS) is 18.5. The van der Waals surface area contributed by atoms with Gasteiger partial charge in [-0.05, 0) is 6.42 Å². The number of benzene rings is 1. The number of ether oxygens (including phenoxy) is 2. The molecule has 0 amide bonds. The van der Waals surface area contributed by atoms with E-state index in [1.54, 1.807) is 6.07 Å². The molecule has 0 spiro atoms. The van der Waals surface area contributed by atoms with Gasteiger partial charge >= 0.3 is 0 Å². The second-order valence-electron chi connectivity index (χ2n) is 5.28. The molecule has 1 aromatic heterocycles. The van der Waals surface area contributed by atoms with Crippen LogP contribution in [0.1, 0.15) is 12.2 Å². The Labute approximate surface area is 127 Å². The van der Waals surface area contributed by atoms with E-state index in [-0.39, 0.29) is 5.75 Å².